The van der Waals surface area contributed by atoms with Gasteiger partial charge in [-0.05, 0) is 24.3 Å². The lowest BCUT2D eigenvalue weighted by molar-refractivity contribution is -0.145. The molecule has 22 heavy (non-hydrogen) atoms. The number of hydrogen-bond donors (Lipinski definition) is 4. The molecule has 0 fully saturated rings. The van der Waals surface area contributed by atoms with E-state index in [4.69, 9.17) is 10.2 Å². The molecular formula is C12H14N2O7S. The number of rotatable bonds is 7. The van der Waals surface area contributed by atoms with E-state index in [0.717, 1.165) is 12.1 Å². The van der Waals surface area contributed by atoms with Crippen molar-refractivity contribution in [2.75, 3.05) is 7.05 Å². The summed E-state index contributed by atoms with van der Waals surface area (Å²) in [5.74, 6) is -3.47. The highest BCUT2D eigenvalue weighted by molar-refractivity contribution is 7.89. The van der Waals surface area contributed by atoms with Gasteiger partial charge in [0, 0.05) is 12.6 Å². The normalized spacial score (nSPS) is 12.4. The van der Waals surface area contributed by atoms with E-state index in [2.05, 4.69) is 5.32 Å². The van der Waals surface area contributed by atoms with Crippen LogP contribution in [0.15, 0.2) is 29.2 Å². The number of carbonyl (C=O) groups excluding carboxylic acids is 1. The predicted molar refractivity (Wildman–Crippen MR) is 73.8 cm³/mol. The maximum Gasteiger partial charge on any atom is 0.322 e. The minimum absolute atomic E-state index is 0.224. The summed E-state index contributed by atoms with van der Waals surface area (Å²) in [6.07, 6.45) is -0.898. The SMILES string of the molecule is CNC(=O)c1ccc(S(=O)(=O)N[C@@H](CC(=O)O)C(=O)O)cc1. The maximum absolute atomic E-state index is 12.0. The summed E-state index contributed by atoms with van der Waals surface area (Å²) < 4.78 is 25.8. The first kappa shape index (κ1) is 17.6. The van der Waals surface area contributed by atoms with Crippen LogP contribution in [0.5, 0.6) is 0 Å². The summed E-state index contributed by atoms with van der Waals surface area (Å²) in [5, 5.41) is 19.8. The highest BCUT2D eigenvalue weighted by Gasteiger charge is 2.27. The zero-order valence-corrected chi connectivity index (χ0v) is 12.3. The fourth-order valence-electron chi connectivity index (χ4n) is 1.54. The molecule has 120 valence electrons. The molecule has 1 atom stereocenters. The maximum atomic E-state index is 12.0. The standard InChI is InChI=1S/C12H14N2O7S/c1-13-11(17)7-2-4-8(5-3-7)22(20,21)14-9(12(18)19)6-10(15)16/h2-5,9,14H,6H2,1H3,(H,13,17)(H,15,16)(H,18,19)/t9-/m0/s1. The molecule has 1 rings (SSSR count). The Morgan fingerprint density at radius 2 is 1.68 bits per heavy atom. The molecule has 10 heteroatoms. The number of carboxylic acids is 2. The van der Waals surface area contributed by atoms with Crippen LogP contribution in [-0.4, -0.2) is 49.6 Å². The molecule has 1 amide bonds. The summed E-state index contributed by atoms with van der Waals surface area (Å²) >= 11 is 0. The zero-order chi connectivity index (χ0) is 16.9. The van der Waals surface area contributed by atoms with E-state index in [9.17, 15) is 22.8 Å². The lowest BCUT2D eigenvalue weighted by Crippen LogP contribution is -2.42. The third-order valence-corrected chi connectivity index (χ3v) is 4.12. The average molecular weight is 330 g/mol. The topological polar surface area (TPSA) is 150 Å². The van der Waals surface area contributed by atoms with Crippen LogP contribution < -0.4 is 10.0 Å². The molecule has 0 bridgehead atoms. The van der Waals surface area contributed by atoms with Gasteiger partial charge in [-0.1, -0.05) is 0 Å². The molecular weight excluding hydrogens is 316 g/mol. The quantitative estimate of drug-likeness (QED) is 0.514. The van der Waals surface area contributed by atoms with Crippen LogP contribution in [0.1, 0.15) is 16.8 Å². The third kappa shape index (κ3) is 4.53. The van der Waals surface area contributed by atoms with Crippen LogP contribution in [0.25, 0.3) is 0 Å². The second kappa shape index (κ2) is 7.00. The fraction of sp³-hybridized carbons (Fsp3) is 0.250. The van der Waals surface area contributed by atoms with Crippen molar-refractivity contribution < 1.29 is 33.0 Å². The van der Waals surface area contributed by atoms with Crippen molar-refractivity contribution in [3.63, 3.8) is 0 Å². The molecule has 0 radical (unpaired) electrons. The average Bonchev–Trinajstić information content (AvgIpc) is 2.45. The van der Waals surface area contributed by atoms with Gasteiger partial charge in [0.1, 0.15) is 6.04 Å². The Bertz CT molecular complexity index is 682. The summed E-state index contributed by atoms with van der Waals surface area (Å²) in [7, 11) is -2.81. The van der Waals surface area contributed by atoms with Crippen molar-refractivity contribution in [2.24, 2.45) is 0 Å². The molecule has 0 heterocycles. The van der Waals surface area contributed by atoms with Gasteiger partial charge in [0.15, 0.2) is 0 Å². The lowest BCUT2D eigenvalue weighted by Gasteiger charge is -2.13. The number of hydrogen-bond acceptors (Lipinski definition) is 5. The van der Waals surface area contributed by atoms with Gasteiger partial charge in [-0.15, -0.1) is 0 Å². The summed E-state index contributed by atoms with van der Waals surface area (Å²) in [6.45, 7) is 0. The predicted octanol–water partition coefficient (Wildman–Crippen LogP) is -0.748. The van der Waals surface area contributed by atoms with Gasteiger partial charge in [-0.2, -0.15) is 4.72 Å². The van der Waals surface area contributed by atoms with Gasteiger partial charge in [0.25, 0.3) is 5.91 Å². The first-order valence-corrected chi connectivity index (χ1v) is 7.44. The summed E-state index contributed by atoms with van der Waals surface area (Å²) in [4.78, 5) is 32.5. The van der Waals surface area contributed by atoms with E-state index in [-0.39, 0.29) is 10.5 Å². The molecule has 0 aliphatic carbocycles. The van der Waals surface area contributed by atoms with Crippen molar-refractivity contribution in [3.8, 4) is 0 Å². The number of nitrogens with one attached hydrogen (secondary N) is 2. The second-order valence-corrected chi connectivity index (χ2v) is 5.93. The van der Waals surface area contributed by atoms with Gasteiger partial charge in [0.2, 0.25) is 10.0 Å². The van der Waals surface area contributed by atoms with Crippen LogP contribution >= 0.6 is 0 Å². The Balaban J connectivity index is 3.00. The van der Waals surface area contributed by atoms with E-state index in [0.29, 0.717) is 0 Å². The monoisotopic (exact) mass is 330 g/mol. The van der Waals surface area contributed by atoms with Crippen LogP contribution in [0.2, 0.25) is 0 Å². The van der Waals surface area contributed by atoms with Crippen molar-refractivity contribution in [1.82, 2.24) is 10.0 Å². The fourth-order valence-corrected chi connectivity index (χ4v) is 2.73. The Morgan fingerprint density at radius 3 is 2.09 bits per heavy atom. The molecule has 0 saturated carbocycles. The zero-order valence-electron chi connectivity index (χ0n) is 11.4. The molecule has 0 aliphatic rings. The van der Waals surface area contributed by atoms with Gasteiger partial charge >= 0.3 is 11.9 Å². The van der Waals surface area contributed by atoms with Gasteiger partial charge < -0.3 is 15.5 Å². The minimum atomic E-state index is -4.23. The number of carbonyl (C=O) groups is 3. The van der Waals surface area contributed by atoms with Gasteiger partial charge in [-0.25, -0.2) is 8.42 Å². The lowest BCUT2D eigenvalue weighted by atomic mass is 10.2. The molecule has 0 spiro atoms. The minimum Gasteiger partial charge on any atom is -0.481 e. The van der Waals surface area contributed by atoms with Crippen LogP contribution in [0.4, 0.5) is 0 Å². The first-order chi connectivity index (χ1) is 10.2. The highest BCUT2D eigenvalue weighted by Crippen LogP contribution is 2.12. The molecule has 0 aromatic heterocycles. The molecule has 0 saturated heterocycles. The molecule has 0 aliphatic heterocycles. The molecule has 4 N–H and O–H groups in total. The Kier molecular flexibility index (Phi) is 5.60. The summed E-state index contributed by atoms with van der Waals surface area (Å²) in [6, 6.07) is 2.95. The smallest absolute Gasteiger partial charge is 0.322 e. The van der Waals surface area contributed by atoms with E-state index in [1.54, 1.807) is 4.72 Å². The number of benzene rings is 1. The largest absolute Gasteiger partial charge is 0.481 e. The number of amides is 1. The Hall–Kier alpha value is -2.46. The van der Waals surface area contributed by atoms with Crippen molar-refractivity contribution in [3.05, 3.63) is 29.8 Å². The van der Waals surface area contributed by atoms with Gasteiger partial charge in [0.05, 0.1) is 11.3 Å². The highest BCUT2D eigenvalue weighted by atomic mass is 32.2. The second-order valence-electron chi connectivity index (χ2n) is 4.21. The van der Waals surface area contributed by atoms with Crippen molar-refractivity contribution >= 4 is 27.9 Å². The first-order valence-electron chi connectivity index (χ1n) is 5.96. The van der Waals surface area contributed by atoms with Crippen molar-refractivity contribution in [2.45, 2.75) is 17.4 Å². The van der Waals surface area contributed by atoms with E-state index in [1.165, 1.54) is 19.2 Å². The molecule has 0 unspecified atom stereocenters. The van der Waals surface area contributed by atoms with E-state index < -0.39 is 40.3 Å². The van der Waals surface area contributed by atoms with Crippen LogP contribution in [0, 0.1) is 0 Å². The van der Waals surface area contributed by atoms with Crippen LogP contribution in [0.3, 0.4) is 0 Å². The number of sulfonamides is 1. The van der Waals surface area contributed by atoms with Crippen molar-refractivity contribution in [1.29, 1.82) is 0 Å². The van der Waals surface area contributed by atoms with Crippen LogP contribution in [-0.2, 0) is 19.6 Å². The third-order valence-electron chi connectivity index (χ3n) is 2.63. The van der Waals surface area contributed by atoms with E-state index >= 15 is 0 Å². The Morgan fingerprint density at radius 1 is 1.14 bits per heavy atom. The molecule has 1 aromatic carbocycles. The summed E-state index contributed by atoms with van der Waals surface area (Å²) in [5.41, 5.74) is 0.224. The Labute approximate surface area is 126 Å². The van der Waals surface area contributed by atoms with Gasteiger partial charge in [-0.3, -0.25) is 14.4 Å². The molecule has 1 aromatic rings. The van der Waals surface area contributed by atoms with E-state index in [1.807, 2.05) is 0 Å². The number of aliphatic carboxylic acids is 2. The molecule has 9 nitrogen and oxygen atoms in total. The number of carboxylic acid groups (broad SMARTS) is 2.